The van der Waals surface area contributed by atoms with E-state index in [1.54, 1.807) is 0 Å². The molecule has 0 saturated heterocycles. The molecular formula is C17H26N2. The van der Waals surface area contributed by atoms with Gasteiger partial charge in [0, 0.05) is 23.6 Å². The number of nitrogens with two attached hydrogens (primary N) is 1. The van der Waals surface area contributed by atoms with Gasteiger partial charge in [0.2, 0.25) is 0 Å². The molecular weight excluding hydrogens is 232 g/mol. The highest BCUT2D eigenvalue weighted by Gasteiger charge is 2.09. The molecule has 0 aliphatic heterocycles. The van der Waals surface area contributed by atoms with Crippen molar-refractivity contribution in [1.29, 1.82) is 0 Å². The van der Waals surface area contributed by atoms with Crippen molar-refractivity contribution in [3.8, 4) is 0 Å². The summed E-state index contributed by atoms with van der Waals surface area (Å²) in [6, 6.07) is 4.69. The van der Waals surface area contributed by atoms with Gasteiger partial charge >= 0.3 is 0 Å². The van der Waals surface area contributed by atoms with Gasteiger partial charge in [0.1, 0.15) is 0 Å². The average Bonchev–Trinajstić information content (AvgIpc) is 2.72. The van der Waals surface area contributed by atoms with Crippen LogP contribution in [0.2, 0.25) is 0 Å². The van der Waals surface area contributed by atoms with Crippen molar-refractivity contribution in [2.24, 2.45) is 5.73 Å². The molecule has 0 atom stereocenters. The lowest BCUT2D eigenvalue weighted by atomic mass is 10.0. The topological polar surface area (TPSA) is 30.9 Å². The van der Waals surface area contributed by atoms with Gasteiger partial charge in [0.05, 0.1) is 0 Å². The van der Waals surface area contributed by atoms with Crippen LogP contribution in [0.25, 0.3) is 10.9 Å². The molecule has 0 spiro atoms. The second kappa shape index (κ2) is 6.25. The Labute approximate surface area is 116 Å². The maximum atomic E-state index is 5.65. The average molecular weight is 258 g/mol. The Morgan fingerprint density at radius 3 is 2.53 bits per heavy atom. The van der Waals surface area contributed by atoms with Gasteiger partial charge in [-0.2, -0.15) is 0 Å². The SMILES string of the molecule is CCCCn1cc(CCCN)c2cc(C)c(C)cc21. The molecule has 2 aromatic rings. The Morgan fingerprint density at radius 2 is 1.84 bits per heavy atom. The molecule has 2 rings (SSSR count). The van der Waals surface area contributed by atoms with E-state index >= 15 is 0 Å². The second-order valence-electron chi connectivity index (χ2n) is 5.55. The van der Waals surface area contributed by atoms with Gasteiger partial charge in [-0.15, -0.1) is 0 Å². The molecule has 2 N–H and O–H groups in total. The van der Waals surface area contributed by atoms with E-state index in [-0.39, 0.29) is 0 Å². The largest absolute Gasteiger partial charge is 0.347 e. The van der Waals surface area contributed by atoms with Crippen LogP contribution in [-0.4, -0.2) is 11.1 Å². The predicted octanol–water partition coefficient (Wildman–Crippen LogP) is 3.95. The van der Waals surface area contributed by atoms with E-state index < -0.39 is 0 Å². The summed E-state index contributed by atoms with van der Waals surface area (Å²) in [7, 11) is 0. The highest BCUT2D eigenvalue weighted by atomic mass is 15.0. The number of hydrogen-bond acceptors (Lipinski definition) is 1. The van der Waals surface area contributed by atoms with Crippen LogP contribution in [0.4, 0.5) is 0 Å². The molecule has 0 radical (unpaired) electrons. The van der Waals surface area contributed by atoms with Crippen LogP contribution in [0.5, 0.6) is 0 Å². The normalized spacial score (nSPS) is 11.4. The van der Waals surface area contributed by atoms with E-state index in [9.17, 15) is 0 Å². The smallest absolute Gasteiger partial charge is 0.0485 e. The van der Waals surface area contributed by atoms with Crippen LogP contribution in [0.15, 0.2) is 18.3 Å². The molecule has 1 aromatic carbocycles. The summed E-state index contributed by atoms with van der Waals surface area (Å²) in [6.07, 6.45) is 6.99. The monoisotopic (exact) mass is 258 g/mol. The molecule has 1 heterocycles. The lowest BCUT2D eigenvalue weighted by Crippen LogP contribution is -2.00. The molecule has 0 aliphatic rings. The number of aromatic nitrogens is 1. The number of unbranched alkanes of at least 4 members (excludes halogenated alkanes) is 1. The maximum absolute atomic E-state index is 5.65. The van der Waals surface area contributed by atoms with Gasteiger partial charge < -0.3 is 10.3 Å². The second-order valence-corrected chi connectivity index (χ2v) is 5.55. The Morgan fingerprint density at radius 1 is 1.11 bits per heavy atom. The van der Waals surface area contributed by atoms with Crippen LogP contribution in [-0.2, 0) is 13.0 Å². The molecule has 0 fully saturated rings. The molecule has 2 heteroatoms. The fraction of sp³-hybridized carbons (Fsp3) is 0.529. The summed E-state index contributed by atoms with van der Waals surface area (Å²) in [5, 5.41) is 1.42. The molecule has 0 saturated carbocycles. The van der Waals surface area contributed by atoms with E-state index in [1.165, 1.54) is 40.4 Å². The van der Waals surface area contributed by atoms with Crippen molar-refractivity contribution in [2.75, 3.05) is 6.54 Å². The van der Waals surface area contributed by atoms with Crippen LogP contribution < -0.4 is 5.73 Å². The van der Waals surface area contributed by atoms with Crippen LogP contribution >= 0.6 is 0 Å². The minimum Gasteiger partial charge on any atom is -0.347 e. The summed E-state index contributed by atoms with van der Waals surface area (Å²) in [5.74, 6) is 0. The van der Waals surface area contributed by atoms with E-state index in [2.05, 4.69) is 43.7 Å². The van der Waals surface area contributed by atoms with Crippen LogP contribution in [0.3, 0.4) is 0 Å². The Kier molecular flexibility index (Phi) is 4.65. The molecule has 2 nitrogen and oxygen atoms in total. The number of rotatable bonds is 6. The predicted molar refractivity (Wildman–Crippen MR) is 83.7 cm³/mol. The Bertz CT molecular complexity index is 504. The van der Waals surface area contributed by atoms with Crippen molar-refractivity contribution in [1.82, 2.24) is 4.57 Å². The third-order valence-corrected chi connectivity index (χ3v) is 3.98. The van der Waals surface area contributed by atoms with Gasteiger partial charge in [0.15, 0.2) is 0 Å². The van der Waals surface area contributed by atoms with Crippen molar-refractivity contribution < 1.29 is 0 Å². The number of hydrogen-bond donors (Lipinski definition) is 1. The minimum atomic E-state index is 0.770. The fourth-order valence-electron chi connectivity index (χ4n) is 2.63. The van der Waals surface area contributed by atoms with Crippen LogP contribution in [0.1, 0.15) is 42.9 Å². The maximum Gasteiger partial charge on any atom is 0.0485 e. The zero-order valence-electron chi connectivity index (χ0n) is 12.5. The van der Waals surface area contributed by atoms with Crippen molar-refractivity contribution in [3.63, 3.8) is 0 Å². The molecule has 0 unspecified atom stereocenters. The molecule has 0 bridgehead atoms. The number of aryl methyl sites for hydroxylation is 4. The van der Waals surface area contributed by atoms with Gasteiger partial charge in [-0.3, -0.25) is 0 Å². The van der Waals surface area contributed by atoms with E-state index in [1.807, 2.05) is 0 Å². The number of nitrogens with zero attached hydrogens (tertiary/aromatic N) is 1. The van der Waals surface area contributed by atoms with Crippen molar-refractivity contribution in [2.45, 2.75) is 53.0 Å². The standard InChI is InChI=1S/C17H26N2/c1-4-5-9-19-12-15(7-6-8-18)16-10-13(2)14(3)11-17(16)19/h10-12H,4-9,18H2,1-3H3. The zero-order chi connectivity index (χ0) is 13.8. The minimum absolute atomic E-state index is 0.770. The fourth-order valence-corrected chi connectivity index (χ4v) is 2.63. The molecule has 1 aromatic heterocycles. The lowest BCUT2D eigenvalue weighted by molar-refractivity contribution is 0.647. The summed E-state index contributed by atoms with van der Waals surface area (Å²) in [6.45, 7) is 8.54. The van der Waals surface area contributed by atoms with E-state index in [0.29, 0.717) is 0 Å². The molecule has 0 aliphatic carbocycles. The third kappa shape index (κ3) is 3.01. The van der Waals surface area contributed by atoms with E-state index in [4.69, 9.17) is 5.73 Å². The summed E-state index contributed by atoms with van der Waals surface area (Å²) >= 11 is 0. The first kappa shape index (κ1) is 14.1. The van der Waals surface area contributed by atoms with Gasteiger partial charge in [0.25, 0.3) is 0 Å². The van der Waals surface area contributed by atoms with Crippen molar-refractivity contribution >= 4 is 10.9 Å². The van der Waals surface area contributed by atoms with Gasteiger partial charge in [-0.25, -0.2) is 0 Å². The molecule has 0 amide bonds. The third-order valence-electron chi connectivity index (χ3n) is 3.98. The molecule has 104 valence electrons. The first-order chi connectivity index (χ1) is 9.17. The van der Waals surface area contributed by atoms with Crippen LogP contribution in [0, 0.1) is 13.8 Å². The van der Waals surface area contributed by atoms with E-state index in [0.717, 1.165) is 25.9 Å². The first-order valence-corrected chi connectivity index (χ1v) is 7.46. The Hall–Kier alpha value is -1.28. The zero-order valence-corrected chi connectivity index (χ0v) is 12.5. The quantitative estimate of drug-likeness (QED) is 0.835. The summed E-state index contributed by atoms with van der Waals surface area (Å²) < 4.78 is 2.43. The highest BCUT2D eigenvalue weighted by Crippen LogP contribution is 2.26. The first-order valence-electron chi connectivity index (χ1n) is 7.46. The number of benzene rings is 1. The highest BCUT2D eigenvalue weighted by molar-refractivity contribution is 5.85. The Balaban J connectivity index is 2.46. The lowest BCUT2D eigenvalue weighted by Gasteiger charge is -2.06. The van der Waals surface area contributed by atoms with Gasteiger partial charge in [-0.1, -0.05) is 13.3 Å². The van der Waals surface area contributed by atoms with Crippen molar-refractivity contribution in [3.05, 3.63) is 35.0 Å². The van der Waals surface area contributed by atoms with Gasteiger partial charge in [-0.05, 0) is 68.5 Å². The number of fused-ring (bicyclic) bond motifs is 1. The summed E-state index contributed by atoms with van der Waals surface area (Å²) in [4.78, 5) is 0. The molecule has 19 heavy (non-hydrogen) atoms. The summed E-state index contributed by atoms with van der Waals surface area (Å²) in [5.41, 5.74) is 11.3.